The summed E-state index contributed by atoms with van der Waals surface area (Å²) in [5.74, 6) is -0.331. The number of carbonyl (C=O) groups is 1. The molecule has 0 aromatic heterocycles. The summed E-state index contributed by atoms with van der Waals surface area (Å²) in [6, 6.07) is 13.6. The molecule has 0 bridgehead atoms. The molecule has 1 spiro atoms. The van der Waals surface area contributed by atoms with Crippen LogP contribution in [0.4, 0.5) is 9.18 Å². The summed E-state index contributed by atoms with van der Waals surface area (Å²) in [6.45, 7) is 1.58. The molecular formula is C26H32FN3O4S. The highest BCUT2D eigenvalue weighted by Crippen LogP contribution is 2.56. The molecular weight excluding hydrogens is 469 g/mol. The second-order valence-corrected chi connectivity index (χ2v) is 11.9. The highest BCUT2D eigenvalue weighted by atomic mass is 32.2. The number of hydrogen-bond acceptors (Lipinski definition) is 4. The van der Waals surface area contributed by atoms with Crippen LogP contribution in [-0.2, 0) is 21.2 Å². The Labute approximate surface area is 206 Å². The van der Waals surface area contributed by atoms with Crippen LogP contribution in [0.5, 0.6) is 0 Å². The van der Waals surface area contributed by atoms with Crippen molar-refractivity contribution in [2.45, 2.75) is 43.8 Å². The maximum atomic E-state index is 15.7. The van der Waals surface area contributed by atoms with Crippen molar-refractivity contribution in [3.05, 3.63) is 59.9 Å². The van der Waals surface area contributed by atoms with Crippen LogP contribution in [0.2, 0.25) is 0 Å². The number of hydrogen-bond donors (Lipinski definition) is 1. The van der Waals surface area contributed by atoms with Gasteiger partial charge in [-0.3, -0.25) is 0 Å². The van der Waals surface area contributed by atoms with Crippen molar-refractivity contribution < 1.29 is 22.3 Å². The SMILES string of the molecule is COCC1CCN1C(=O)N1CC2(CC2)[C@H](NS(C)(=O)=O)[C@@H]1Cc1cccc(-c2ccccc2)c1F. The van der Waals surface area contributed by atoms with Gasteiger partial charge in [-0.15, -0.1) is 0 Å². The van der Waals surface area contributed by atoms with Crippen LogP contribution in [0.3, 0.4) is 0 Å². The van der Waals surface area contributed by atoms with Gasteiger partial charge in [0.15, 0.2) is 0 Å². The number of likely N-dealkylation sites (tertiary alicyclic amines) is 2. The molecule has 2 aliphatic heterocycles. The quantitative estimate of drug-likeness (QED) is 0.632. The van der Waals surface area contributed by atoms with Gasteiger partial charge < -0.3 is 14.5 Å². The summed E-state index contributed by atoms with van der Waals surface area (Å²) in [7, 11) is -1.90. The van der Waals surface area contributed by atoms with Gasteiger partial charge in [0.2, 0.25) is 10.0 Å². The molecule has 1 N–H and O–H groups in total. The van der Waals surface area contributed by atoms with Gasteiger partial charge in [-0.25, -0.2) is 22.3 Å². The van der Waals surface area contributed by atoms with Crippen molar-refractivity contribution in [1.29, 1.82) is 0 Å². The van der Waals surface area contributed by atoms with Crippen LogP contribution in [0.1, 0.15) is 24.8 Å². The molecule has 5 rings (SSSR count). The van der Waals surface area contributed by atoms with Crippen LogP contribution in [-0.4, -0.2) is 75.4 Å². The Morgan fingerprint density at radius 1 is 1.14 bits per heavy atom. The standard InChI is InChI=1S/C26H32FN3O4S/c1-34-16-20-11-14-29(20)25(31)30-17-26(12-13-26)24(28-35(2,32)33)22(30)15-19-9-6-10-21(23(19)27)18-7-4-3-5-8-18/h3-10,20,22,24,28H,11-17H2,1-2H3/t20?,22-,24+/m0/s1. The summed E-state index contributed by atoms with van der Waals surface area (Å²) < 4.78 is 48.4. The molecule has 3 atom stereocenters. The summed E-state index contributed by atoms with van der Waals surface area (Å²) in [5, 5.41) is 0. The van der Waals surface area contributed by atoms with E-state index in [9.17, 15) is 13.2 Å². The second kappa shape index (κ2) is 9.19. The van der Waals surface area contributed by atoms with Gasteiger partial charge in [-0.2, -0.15) is 0 Å². The van der Waals surface area contributed by atoms with E-state index in [0.717, 1.165) is 31.1 Å². The Morgan fingerprint density at radius 2 is 1.89 bits per heavy atom. The van der Waals surface area contributed by atoms with E-state index >= 15 is 4.39 Å². The highest BCUT2D eigenvalue weighted by molar-refractivity contribution is 7.88. The van der Waals surface area contributed by atoms with Crippen molar-refractivity contribution in [2.24, 2.45) is 5.41 Å². The predicted molar refractivity (Wildman–Crippen MR) is 132 cm³/mol. The number of carbonyl (C=O) groups excluding carboxylic acids is 1. The molecule has 2 aromatic carbocycles. The number of benzene rings is 2. The van der Waals surface area contributed by atoms with Crippen molar-refractivity contribution in [3.63, 3.8) is 0 Å². The number of halogens is 1. The van der Waals surface area contributed by atoms with Crippen molar-refractivity contribution in [2.75, 3.05) is 33.1 Å². The van der Waals surface area contributed by atoms with E-state index in [4.69, 9.17) is 4.74 Å². The summed E-state index contributed by atoms with van der Waals surface area (Å²) >= 11 is 0. The van der Waals surface area contributed by atoms with E-state index in [2.05, 4.69) is 4.72 Å². The minimum absolute atomic E-state index is 0.0170. The summed E-state index contributed by atoms with van der Waals surface area (Å²) in [6.07, 6.45) is 3.94. The van der Waals surface area contributed by atoms with Crippen molar-refractivity contribution >= 4 is 16.1 Å². The van der Waals surface area contributed by atoms with E-state index in [1.54, 1.807) is 29.0 Å². The van der Waals surface area contributed by atoms with E-state index in [1.807, 2.05) is 36.4 Å². The molecule has 7 nitrogen and oxygen atoms in total. The number of rotatable bonds is 7. The fourth-order valence-corrected chi connectivity index (χ4v) is 6.54. The lowest BCUT2D eigenvalue weighted by molar-refractivity contribution is 0.0324. The third kappa shape index (κ3) is 4.69. The third-order valence-electron chi connectivity index (χ3n) is 7.75. The number of urea groups is 1. The Hall–Kier alpha value is -2.49. The third-order valence-corrected chi connectivity index (χ3v) is 8.43. The smallest absolute Gasteiger partial charge is 0.320 e. The summed E-state index contributed by atoms with van der Waals surface area (Å²) in [4.78, 5) is 17.2. The molecule has 9 heteroatoms. The molecule has 2 aromatic rings. The Bertz CT molecular complexity index is 1200. The lowest BCUT2D eigenvalue weighted by atomic mass is 9.91. The first-order valence-electron chi connectivity index (χ1n) is 12.1. The maximum Gasteiger partial charge on any atom is 0.320 e. The topological polar surface area (TPSA) is 79.0 Å². The van der Waals surface area contributed by atoms with Crippen LogP contribution >= 0.6 is 0 Å². The van der Waals surface area contributed by atoms with Gasteiger partial charge >= 0.3 is 6.03 Å². The summed E-state index contributed by atoms with van der Waals surface area (Å²) in [5.41, 5.74) is 1.46. The van der Waals surface area contributed by atoms with E-state index < -0.39 is 22.1 Å². The van der Waals surface area contributed by atoms with Gasteiger partial charge in [-0.05, 0) is 36.8 Å². The minimum Gasteiger partial charge on any atom is -0.383 e. The molecule has 2 amide bonds. The zero-order valence-corrected chi connectivity index (χ0v) is 20.9. The Balaban J connectivity index is 1.48. The van der Waals surface area contributed by atoms with Gasteiger partial charge in [0.1, 0.15) is 5.82 Å². The maximum absolute atomic E-state index is 15.7. The zero-order chi connectivity index (χ0) is 24.8. The lowest BCUT2D eigenvalue weighted by Gasteiger charge is -2.44. The number of nitrogens with one attached hydrogen (secondary N) is 1. The number of sulfonamides is 1. The first-order valence-corrected chi connectivity index (χ1v) is 14.0. The second-order valence-electron chi connectivity index (χ2n) is 10.1. The van der Waals surface area contributed by atoms with E-state index in [0.29, 0.717) is 30.8 Å². The first-order chi connectivity index (χ1) is 16.7. The van der Waals surface area contributed by atoms with Crippen LogP contribution < -0.4 is 4.72 Å². The highest BCUT2D eigenvalue weighted by Gasteiger charge is 2.62. The van der Waals surface area contributed by atoms with Gasteiger partial charge in [0.05, 0.1) is 24.9 Å². The predicted octanol–water partition coefficient (Wildman–Crippen LogP) is 3.26. The van der Waals surface area contributed by atoms with Crippen molar-refractivity contribution in [1.82, 2.24) is 14.5 Å². The number of ether oxygens (including phenoxy) is 1. The van der Waals surface area contributed by atoms with Gasteiger partial charge in [0, 0.05) is 37.2 Å². The van der Waals surface area contributed by atoms with Crippen molar-refractivity contribution in [3.8, 4) is 11.1 Å². The molecule has 3 fully saturated rings. The molecule has 3 aliphatic rings. The Morgan fingerprint density at radius 3 is 2.49 bits per heavy atom. The van der Waals surface area contributed by atoms with E-state index in [1.165, 1.54) is 0 Å². The average molecular weight is 502 g/mol. The molecule has 35 heavy (non-hydrogen) atoms. The van der Waals surface area contributed by atoms with Crippen LogP contribution in [0.25, 0.3) is 11.1 Å². The molecule has 1 aliphatic carbocycles. The number of methoxy groups -OCH3 is 1. The first kappa shape index (κ1) is 24.2. The van der Waals surface area contributed by atoms with E-state index in [-0.39, 0.29) is 29.7 Å². The molecule has 0 radical (unpaired) electrons. The number of nitrogens with zero attached hydrogens (tertiary/aromatic N) is 2. The van der Waals surface area contributed by atoms with Crippen LogP contribution in [0.15, 0.2) is 48.5 Å². The fraction of sp³-hybridized carbons (Fsp3) is 0.500. The fourth-order valence-electron chi connectivity index (χ4n) is 5.67. The molecule has 1 unspecified atom stereocenters. The Kier molecular flexibility index (Phi) is 6.35. The van der Waals surface area contributed by atoms with Crippen LogP contribution in [0, 0.1) is 11.2 Å². The normalized spacial score (nSPS) is 25.1. The average Bonchev–Trinajstić information content (AvgIpc) is 3.53. The largest absolute Gasteiger partial charge is 0.383 e. The van der Waals surface area contributed by atoms with Gasteiger partial charge in [-0.1, -0.05) is 48.5 Å². The number of amides is 2. The molecule has 2 saturated heterocycles. The monoisotopic (exact) mass is 501 g/mol. The lowest BCUT2D eigenvalue weighted by Crippen LogP contribution is -2.59. The molecule has 2 heterocycles. The molecule has 188 valence electrons. The molecule has 1 saturated carbocycles. The zero-order valence-electron chi connectivity index (χ0n) is 20.1. The van der Waals surface area contributed by atoms with Gasteiger partial charge in [0.25, 0.3) is 0 Å². The minimum atomic E-state index is -3.52.